The van der Waals surface area contributed by atoms with Crippen LogP contribution in [0.25, 0.3) is 0 Å². The summed E-state index contributed by atoms with van der Waals surface area (Å²) in [5.74, 6) is 0. The van der Waals surface area contributed by atoms with Crippen LogP contribution >= 0.6 is 0 Å². The first-order valence-electron chi connectivity index (χ1n) is 18.6. The van der Waals surface area contributed by atoms with Crippen LogP contribution in [0.3, 0.4) is 0 Å². The Morgan fingerprint density at radius 1 is 0.304 bits per heavy atom. The molecule has 0 bridgehead atoms. The van der Waals surface area contributed by atoms with Crippen LogP contribution in [-0.4, -0.2) is 78.5 Å². The summed E-state index contributed by atoms with van der Waals surface area (Å²) in [6.07, 6.45) is 7.32. The molecule has 0 fully saturated rings. The molecule has 8 nitrogen and oxygen atoms in total. The van der Waals surface area contributed by atoms with Gasteiger partial charge in [-0.3, -0.25) is 0 Å². The van der Waals surface area contributed by atoms with Gasteiger partial charge in [0, 0.05) is 26.2 Å². The van der Waals surface area contributed by atoms with E-state index in [4.69, 9.17) is 0 Å². The molecule has 0 aliphatic carbocycles. The number of rotatable bonds is 30. The monoisotopic (exact) mass is 641 g/mol. The molecule has 2 rings (SSSR count). The van der Waals surface area contributed by atoms with Crippen molar-refractivity contribution >= 4 is 0 Å². The first kappa shape index (κ1) is 42.1. The van der Waals surface area contributed by atoms with Gasteiger partial charge in [-0.1, -0.05) is 76.2 Å². The Bertz CT molecular complexity index is 838. The van der Waals surface area contributed by atoms with E-state index in [1.807, 2.05) is 0 Å². The first-order chi connectivity index (χ1) is 22.8. The third kappa shape index (κ3) is 24.3. The van der Waals surface area contributed by atoms with E-state index in [0.29, 0.717) is 0 Å². The van der Waals surface area contributed by atoms with E-state index in [0.717, 1.165) is 105 Å². The largest absolute Gasteiger partial charge is 0.317 e. The van der Waals surface area contributed by atoms with E-state index in [-0.39, 0.29) is 0 Å². The molecule has 0 aliphatic heterocycles. The van der Waals surface area contributed by atoms with Crippen molar-refractivity contribution < 1.29 is 0 Å². The first-order valence-corrected chi connectivity index (χ1v) is 18.6. The summed E-state index contributed by atoms with van der Waals surface area (Å²) < 4.78 is 0. The molecule has 0 spiro atoms. The van der Waals surface area contributed by atoms with Crippen LogP contribution in [0.4, 0.5) is 0 Å². The van der Waals surface area contributed by atoms with Crippen molar-refractivity contribution in [1.82, 2.24) is 42.5 Å². The maximum Gasteiger partial charge on any atom is 0.0208 e. The van der Waals surface area contributed by atoms with E-state index in [1.54, 1.807) is 0 Å². The molecule has 2 aromatic rings. The summed E-state index contributed by atoms with van der Waals surface area (Å²) in [4.78, 5) is 0. The highest BCUT2D eigenvalue weighted by atomic mass is 14.9. The average Bonchev–Trinajstić information content (AvgIpc) is 3.08. The zero-order valence-electron chi connectivity index (χ0n) is 30.2. The fraction of sp³-hybridized carbons (Fsp3) is 0.684. The highest BCUT2D eigenvalue weighted by Gasteiger charge is 2.02. The van der Waals surface area contributed by atoms with Gasteiger partial charge in [0.1, 0.15) is 0 Å². The van der Waals surface area contributed by atoms with Crippen LogP contribution in [-0.2, 0) is 26.2 Å². The number of hydrogen-bond donors (Lipinski definition) is 8. The molecule has 8 N–H and O–H groups in total. The highest BCUT2D eigenvalue weighted by Crippen LogP contribution is 2.09. The normalized spacial score (nSPS) is 11.0. The average molecular weight is 641 g/mol. The fourth-order valence-electron chi connectivity index (χ4n) is 5.08. The lowest BCUT2D eigenvalue weighted by Gasteiger charge is -2.12. The van der Waals surface area contributed by atoms with Gasteiger partial charge < -0.3 is 42.5 Å². The highest BCUT2D eigenvalue weighted by molar-refractivity contribution is 5.27. The Morgan fingerprint density at radius 2 is 0.522 bits per heavy atom. The van der Waals surface area contributed by atoms with Crippen LogP contribution < -0.4 is 42.5 Å². The fourth-order valence-corrected chi connectivity index (χ4v) is 5.08. The second-order valence-electron chi connectivity index (χ2n) is 11.8. The Balaban J connectivity index is 0.000000462. The summed E-state index contributed by atoms with van der Waals surface area (Å²) in [5, 5.41) is 27.7. The maximum absolute atomic E-state index is 3.58. The number of hydrogen-bond acceptors (Lipinski definition) is 8. The van der Waals surface area contributed by atoms with Crippen LogP contribution in [0.15, 0.2) is 48.5 Å². The van der Waals surface area contributed by atoms with Gasteiger partial charge in [-0.05, 0) is 139 Å². The standard InChI is InChI=1S/C20H38N4.C18H34N4/c1-3-21-13-7-9-15-23-17-19-11-5-6-12-20(19)18-24-16-10-8-14-22-4-2;1-3-19-11-7-13-21-15-17-9-5-6-10-18(17)16-22-14-8-12-20-4-2/h5-6,11-12,21-24H,3-4,7-10,13-18H2,1-2H3;5-6,9-10,19-22H,3-4,7-8,11-16H2,1-2H3. The van der Waals surface area contributed by atoms with Gasteiger partial charge in [0.2, 0.25) is 0 Å². The lowest BCUT2D eigenvalue weighted by atomic mass is 10.1. The Morgan fingerprint density at radius 3 is 0.783 bits per heavy atom. The van der Waals surface area contributed by atoms with Gasteiger partial charge in [-0.15, -0.1) is 0 Å². The Hall–Kier alpha value is -1.88. The summed E-state index contributed by atoms with van der Waals surface area (Å²) in [7, 11) is 0. The van der Waals surface area contributed by atoms with Gasteiger partial charge in [0.05, 0.1) is 0 Å². The van der Waals surface area contributed by atoms with Crippen LogP contribution in [0.2, 0.25) is 0 Å². The molecule has 0 atom stereocenters. The van der Waals surface area contributed by atoms with E-state index in [2.05, 4.69) is 119 Å². The van der Waals surface area contributed by atoms with Gasteiger partial charge >= 0.3 is 0 Å². The van der Waals surface area contributed by atoms with Crippen molar-refractivity contribution in [2.24, 2.45) is 0 Å². The summed E-state index contributed by atoms with van der Waals surface area (Å²) >= 11 is 0. The smallest absolute Gasteiger partial charge is 0.0208 e. The number of nitrogens with one attached hydrogen (secondary N) is 8. The molecule has 2 aromatic carbocycles. The van der Waals surface area contributed by atoms with Gasteiger partial charge in [0.15, 0.2) is 0 Å². The van der Waals surface area contributed by atoms with Crippen molar-refractivity contribution in [3.63, 3.8) is 0 Å². The van der Waals surface area contributed by atoms with Crippen molar-refractivity contribution in [2.75, 3.05) is 78.5 Å². The Labute approximate surface area is 283 Å². The maximum atomic E-state index is 3.58. The van der Waals surface area contributed by atoms with Crippen molar-refractivity contribution in [2.45, 2.75) is 92.4 Å². The summed E-state index contributed by atoms with van der Waals surface area (Å²) in [5.41, 5.74) is 5.66. The molecule has 0 saturated heterocycles. The second kappa shape index (κ2) is 33.0. The Kier molecular flexibility index (Phi) is 30.3. The predicted molar refractivity (Wildman–Crippen MR) is 202 cm³/mol. The zero-order chi connectivity index (χ0) is 33.2. The topological polar surface area (TPSA) is 96.2 Å². The van der Waals surface area contributed by atoms with E-state index in [1.165, 1.54) is 60.8 Å². The molecule has 0 aromatic heterocycles. The molecule has 0 radical (unpaired) electrons. The lowest BCUT2D eigenvalue weighted by Crippen LogP contribution is -2.23. The van der Waals surface area contributed by atoms with Crippen LogP contribution in [0.1, 0.15) is 88.5 Å². The van der Waals surface area contributed by atoms with Crippen molar-refractivity contribution in [1.29, 1.82) is 0 Å². The molecule has 0 unspecified atom stereocenters. The predicted octanol–water partition coefficient (Wildman–Crippen LogP) is 4.51. The zero-order valence-corrected chi connectivity index (χ0v) is 30.2. The summed E-state index contributed by atoms with van der Waals surface area (Å²) in [6.45, 7) is 25.5. The van der Waals surface area contributed by atoms with E-state index in [9.17, 15) is 0 Å². The van der Waals surface area contributed by atoms with Crippen LogP contribution in [0.5, 0.6) is 0 Å². The molecule has 0 aliphatic rings. The minimum absolute atomic E-state index is 0.960. The molecule has 46 heavy (non-hydrogen) atoms. The van der Waals surface area contributed by atoms with Gasteiger partial charge in [-0.25, -0.2) is 0 Å². The lowest BCUT2D eigenvalue weighted by molar-refractivity contribution is 0.580. The SMILES string of the molecule is CCNCCCCNCc1ccccc1CNCCCCNCC.CCNCCCNCc1ccccc1CNCCCNCC. The third-order valence-electron chi connectivity index (χ3n) is 7.83. The third-order valence-corrected chi connectivity index (χ3v) is 7.83. The summed E-state index contributed by atoms with van der Waals surface area (Å²) in [6, 6.07) is 17.5. The second-order valence-corrected chi connectivity index (χ2v) is 11.8. The molecule has 0 amide bonds. The number of benzene rings is 2. The quantitative estimate of drug-likeness (QED) is 0.0592. The molecule has 8 heteroatoms. The molecule has 264 valence electrons. The van der Waals surface area contributed by atoms with Crippen molar-refractivity contribution in [3.8, 4) is 0 Å². The number of unbranched alkanes of at least 4 members (excludes halogenated alkanes) is 2. The van der Waals surface area contributed by atoms with E-state index < -0.39 is 0 Å². The van der Waals surface area contributed by atoms with Gasteiger partial charge in [-0.2, -0.15) is 0 Å². The molecular weight excluding hydrogens is 568 g/mol. The minimum atomic E-state index is 0.960. The van der Waals surface area contributed by atoms with Gasteiger partial charge in [0.25, 0.3) is 0 Å². The molecule has 0 heterocycles. The van der Waals surface area contributed by atoms with Crippen molar-refractivity contribution in [3.05, 3.63) is 70.8 Å². The molecular formula is C38H72N8. The minimum Gasteiger partial charge on any atom is -0.317 e. The van der Waals surface area contributed by atoms with E-state index >= 15 is 0 Å². The molecule has 0 saturated carbocycles. The van der Waals surface area contributed by atoms with Crippen LogP contribution in [0, 0.1) is 0 Å².